The van der Waals surface area contributed by atoms with Crippen LogP contribution in [0.15, 0.2) is 47.5 Å². The Morgan fingerprint density at radius 3 is 2.64 bits per heavy atom. The fraction of sp³-hybridized carbons (Fsp3) is 0.286. The summed E-state index contributed by atoms with van der Waals surface area (Å²) in [5, 5.41) is 10.2. The number of carbonyl (C=O) groups excluding carboxylic acids is 1. The second-order valence-corrected chi connectivity index (χ2v) is 7.22. The summed E-state index contributed by atoms with van der Waals surface area (Å²) in [6, 6.07) is 10.8. The van der Waals surface area contributed by atoms with E-state index in [1.807, 2.05) is 25.1 Å². The van der Waals surface area contributed by atoms with E-state index in [-0.39, 0.29) is 17.2 Å². The van der Waals surface area contributed by atoms with Crippen LogP contribution in [0.1, 0.15) is 28.8 Å². The molecule has 3 N–H and O–H groups in total. The largest absolute Gasteiger partial charge is 0.393 e. The highest BCUT2D eigenvalue weighted by atomic mass is 16.3. The van der Waals surface area contributed by atoms with Crippen molar-refractivity contribution >= 4 is 22.5 Å². The van der Waals surface area contributed by atoms with Gasteiger partial charge in [-0.15, -0.1) is 0 Å². The fourth-order valence-electron chi connectivity index (χ4n) is 3.65. The van der Waals surface area contributed by atoms with Gasteiger partial charge in [-0.25, -0.2) is 4.98 Å². The van der Waals surface area contributed by atoms with Crippen LogP contribution in [0.2, 0.25) is 0 Å². The summed E-state index contributed by atoms with van der Waals surface area (Å²) in [6.45, 7) is 3.37. The maximum Gasteiger partial charge on any atom is 0.265 e. The molecule has 0 unspecified atom stereocenters. The van der Waals surface area contributed by atoms with Crippen LogP contribution in [-0.2, 0) is 0 Å². The molecule has 0 aliphatic carbocycles. The lowest BCUT2D eigenvalue weighted by molar-refractivity contribution is 0.1000. The molecule has 2 aromatic carbocycles. The van der Waals surface area contributed by atoms with Gasteiger partial charge in [0.15, 0.2) is 0 Å². The van der Waals surface area contributed by atoms with Gasteiger partial charge in [-0.05, 0) is 55.7 Å². The molecule has 1 aliphatic heterocycles. The number of hydrogen-bond donors (Lipinski definition) is 2. The quantitative estimate of drug-likeness (QED) is 0.723. The van der Waals surface area contributed by atoms with Crippen LogP contribution in [0.3, 0.4) is 0 Å². The molecule has 0 radical (unpaired) electrons. The highest BCUT2D eigenvalue weighted by Gasteiger charge is 2.19. The van der Waals surface area contributed by atoms with Gasteiger partial charge in [-0.1, -0.05) is 6.07 Å². The predicted molar refractivity (Wildman–Crippen MR) is 108 cm³/mol. The molecule has 0 spiro atoms. The van der Waals surface area contributed by atoms with Crippen LogP contribution >= 0.6 is 0 Å². The van der Waals surface area contributed by atoms with Crippen molar-refractivity contribution in [1.29, 1.82) is 0 Å². The normalized spacial score (nSPS) is 15.1. The van der Waals surface area contributed by atoms with E-state index >= 15 is 0 Å². The van der Waals surface area contributed by atoms with Gasteiger partial charge >= 0.3 is 0 Å². The van der Waals surface area contributed by atoms with Crippen molar-refractivity contribution in [1.82, 2.24) is 9.55 Å². The van der Waals surface area contributed by atoms with Crippen LogP contribution in [0.4, 0.5) is 5.69 Å². The Labute approximate surface area is 162 Å². The van der Waals surface area contributed by atoms with E-state index in [0.717, 1.165) is 24.3 Å². The van der Waals surface area contributed by atoms with Crippen molar-refractivity contribution in [3.05, 3.63) is 64.2 Å². The maximum absolute atomic E-state index is 13.2. The van der Waals surface area contributed by atoms with E-state index in [4.69, 9.17) is 5.73 Å². The number of fused-ring (bicyclic) bond motifs is 1. The highest BCUT2D eigenvalue weighted by molar-refractivity contribution is 5.96. The summed E-state index contributed by atoms with van der Waals surface area (Å²) in [5.74, 6) is -0.595. The molecule has 4 rings (SSSR count). The molecule has 3 aromatic rings. The SMILES string of the molecule is Cc1ccc(C(N)=O)c(-n2cnc3ccc(N4CCC(O)CC4)cc3c2=O)c1. The summed E-state index contributed by atoms with van der Waals surface area (Å²) >= 11 is 0. The molecular weight excluding hydrogens is 356 g/mol. The summed E-state index contributed by atoms with van der Waals surface area (Å²) in [5.41, 5.74) is 8.37. The predicted octanol–water partition coefficient (Wildman–Crippen LogP) is 1.75. The summed E-state index contributed by atoms with van der Waals surface area (Å²) in [6.07, 6.45) is 2.59. The molecule has 1 saturated heterocycles. The molecule has 1 aliphatic rings. The van der Waals surface area contributed by atoms with Gasteiger partial charge in [0, 0.05) is 18.8 Å². The number of aromatic nitrogens is 2. The summed E-state index contributed by atoms with van der Waals surface area (Å²) < 4.78 is 1.37. The zero-order valence-electron chi connectivity index (χ0n) is 15.6. The smallest absolute Gasteiger partial charge is 0.265 e. The third-order valence-electron chi connectivity index (χ3n) is 5.25. The number of rotatable bonds is 3. The molecular formula is C21H22N4O3. The van der Waals surface area contributed by atoms with Gasteiger partial charge in [-0.2, -0.15) is 0 Å². The zero-order valence-corrected chi connectivity index (χ0v) is 15.6. The van der Waals surface area contributed by atoms with E-state index in [1.165, 1.54) is 10.9 Å². The number of carbonyl (C=O) groups is 1. The molecule has 0 atom stereocenters. The van der Waals surface area contributed by atoms with Crippen LogP contribution < -0.4 is 16.2 Å². The molecule has 144 valence electrons. The first-order valence-corrected chi connectivity index (χ1v) is 9.29. The molecule has 0 saturated carbocycles. The second kappa shape index (κ2) is 7.09. The average Bonchev–Trinajstić information content (AvgIpc) is 2.68. The Morgan fingerprint density at radius 1 is 1.18 bits per heavy atom. The molecule has 1 fully saturated rings. The van der Waals surface area contributed by atoms with Crippen molar-refractivity contribution in [2.75, 3.05) is 18.0 Å². The Bertz CT molecular complexity index is 1110. The first-order valence-electron chi connectivity index (χ1n) is 9.29. The topological polar surface area (TPSA) is 101 Å². The molecule has 1 aromatic heterocycles. The number of aliphatic hydroxyl groups excluding tert-OH is 1. The summed E-state index contributed by atoms with van der Waals surface area (Å²) in [7, 11) is 0. The van der Waals surface area contributed by atoms with E-state index in [2.05, 4.69) is 9.88 Å². The molecule has 7 nitrogen and oxygen atoms in total. The van der Waals surface area contributed by atoms with E-state index < -0.39 is 5.91 Å². The lowest BCUT2D eigenvalue weighted by atomic mass is 10.1. The minimum Gasteiger partial charge on any atom is -0.393 e. The third kappa shape index (κ3) is 3.25. The second-order valence-electron chi connectivity index (χ2n) is 7.22. The van der Waals surface area contributed by atoms with E-state index in [0.29, 0.717) is 29.4 Å². The van der Waals surface area contributed by atoms with Crippen molar-refractivity contribution in [2.24, 2.45) is 5.73 Å². The number of piperidine rings is 1. The van der Waals surface area contributed by atoms with Gasteiger partial charge < -0.3 is 15.7 Å². The Hall–Kier alpha value is -3.19. The number of aliphatic hydroxyl groups is 1. The standard InChI is InChI=1S/C21H22N4O3/c1-13-2-4-16(20(22)27)19(10-13)25-12-23-18-5-3-14(11-17(18)21(25)28)24-8-6-15(26)7-9-24/h2-5,10-12,15,26H,6-9H2,1H3,(H2,22,27). The average molecular weight is 378 g/mol. The van der Waals surface area contributed by atoms with Gasteiger partial charge in [0.25, 0.3) is 11.5 Å². The van der Waals surface area contributed by atoms with Gasteiger partial charge in [-0.3, -0.25) is 14.2 Å². The Balaban J connectivity index is 1.84. The minimum absolute atomic E-state index is 0.253. The minimum atomic E-state index is -0.595. The zero-order chi connectivity index (χ0) is 19.8. The number of hydrogen-bond acceptors (Lipinski definition) is 5. The first kappa shape index (κ1) is 18.2. The van der Waals surface area contributed by atoms with Crippen molar-refractivity contribution < 1.29 is 9.90 Å². The van der Waals surface area contributed by atoms with Crippen LogP contribution in [0.25, 0.3) is 16.6 Å². The molecule has 0 bridgehead atoms. The van der Waals surface area contributed by atoms with Crippen LogP contribution in [0.5, 0.6) is 0 Å². The number of aryl methyl sites for hydroxylation is 1. The van der Waals surface area contributed by atoms with Crippen molar-refractivity contribution in [2.45, 2.75) is 25.9 Å². The molecule has 2 heterocycles. The molecule has 1 amide bonds. The van der Waals surface area contributed by atoms with Crippen LogP contribution in [-0.4, -0.2) is 39.8 Å². The lowest BCUT2D eigenvalue weighted by Gasteiger charge is -2.31. The Morgan fingerprint density at radius 2 is 1.93 bits per heavy atom. The number of nitrogens with zero attached hydrogens (tertiary/aromatic N) is 3. The number of nitrogens with two attached hydrogens (primary N) is 1. The van der Waals surface area contributed by atoms with Gasteiger partial charge in [0.1, 0.15) is 6.33 Å². The monoisotopic (exact) mass is 378 g/mol. The first-order chi connectivity index (χ1) is 13.4. The van der Waals surface area contributed by atoms with Crippen LogP contribution in [0, 0.1) is 6.92 Å². The number of benzene rings is 2. The Kier molecular flexibility index (Phi) is 4.60. The maximum atomic E-state index is 13.2. The van der Waals surface area contributed by atoms with Gasteiger partial charge in [0.05, 0.1) is 28.3 Å². The fourth-order valence-corrected chi connectivity index (χ4v) is 3.65. The third-order valence-corrected chi connectivity index (χ3v) is 5.25. The summed E-state index contributed by atoms with van der Waals surface area (Å²) in [4.78, 5) is 31.6. The van der Waals surface area contributed by atoms with E-state index in [9.17, 15) is 14.7 Å². The number of anilines is 1. The van der Waals surface area contributed by atoms with E-state index in [1.54, 1.807) is 18.2 Å². The van der Waals surface area contributed by atoms with Crippen molar-refractivity contribution in [3.63, 3.8) is 0 Å². The van der Waals surface area contributed by atoms with Gasteiger partial charge in [0.2, 0.25) is 0 Å². The molecule has 7 heteroatoms. The van der Waals surface area contributed by atoms with Crippen molar-refractivity contribution in [3.8, 4) is 5.69 Å². The number of amides is 1. The molecule has 28 heavy (non-hydrogen) atoms. The highest BCUT2D eigenvalue weighted by Crippen LogP contribution is 2.23. The lowest BCUT2D eigenvalue weighted by Crippen LogP contribution is -2.35. The number of primary amides is 1.